The van der Waals surface area contributed by atoms with E-state index >= 15 is 0 Å². The lowest BCUT2D eigenvalue weighted by atomic mass is 9.94. The van der Waals surface area contributed by atoms with Gasteiger partial charge < -0.3 is 10.2 Å². The summed E-state index contributed by atoms with van der Waals surface area (Å²) in [5.41, 5.74) is 3.90. The number of rotatable bonds is 3. The van der Waals surface area contributed by atoms with Crippen LogP contribution in [0.1, 0.15) is 36.9 Å². The fourth-order valence-electron chi connectivity index (χ4n) is 4.53. The molecule has 0 atom stereocenters. The zero-order chi connectivity index (χ0) is 19.8. The molecule has 0 unspecified atom stereocenters. The fraction of sp³-hybridized carbons (Fsp3) is 0.409. The van der Waals surface area contributed by atoms with Crippen LogP contribution in [-0.4, -0.2) is 33.6 Å². The van der Waals surface area contributed by atoms with Crippen molar-refractivity contribution in [1.82, 2.24) is 14.6 Å². The predicted octanol–water partition coefficient (Wildman–Crippen LogP) is 3.60. The molecule has 0 bridgehead atoms. The molecule has 1 aliphatic heterocycles. The largest absolute Gasteiger partial charge is 0.355 e. The molecule has 6 nitrogen and oxygen atoms in total. The van der Waals surface area contributed by atoms with Gasteiger partial charge in [0, 0.05) is 37.0 Å². The molecular formula is C22H24FN5O. The van der Waals surface area contributed by atoms with Crippen molar-refractivity contribution in [3.63, 3.8) is 0 Å². The number of fused-ring (bicyclic) bond motifs is 3. The van der Waals surface area contributed by atoms with Gasteiger partial charge in [-0.15, -0.1) is 0 Å². The number of nitrogens with one attached hydrogen (secondary N) is 1. The molecule has 1 aromatic carbocycles. The number of para-hydroxylation sites is 1. The van der Waals surface area contributed by atoms with Gasteiger partial charge in [-0.25, -0.2) is 13.9 Å². The summed E-state index contributed by atoms with van der Waals surface area (Å²) in [5.74, 6) is 0.336. The lowest BCUT2D eigenvalue weighted by Gasteiger charge is -2.32. The van der Waals surface area contributed by atoms with E-state index in [1.54, 1.807) is 24.4 Å². The Kier molecular flexibility index (Phi) is 4.66. The third kappa shape index (κ3) is 3.34. The molecule has 1 aliphatic carbocycles. The van der Waals surface area contributed by atoms with E-state index in [1.165, 1.54) is 30.2 Å². The van der Waals surface area contributed by atoms with Crippen LogP contribution in [0, 0.1) is 11.7 Å². The lowest BCUT2D eigenvalue weighted by Crippen LogP contribution is -2.39. The minimum Gasteiger partial charge on any atom is -0.355 e. The molecular weight excluding hydrogens is 369 g/mol. The number of nitrogens with zero attached hydrogens (tertiary/aromatic N) is 4. The molecule has 5 rings (SSSR count). The Labute approximate surface area is 168 Å². The number of amides is 1. The average Bonchev–Trinajstić information content (AvgIpc) is 3.14. The highest BCUT2D eigenvalue weighted by molar-refractivity contribution is 5.92. The maximum Gasteiger partial charge on any atom is 0.227 e. The molecule has 0 saturated carbocycles. The van der Waals surface area contributed by atoms with E-state index in [4.69, 9.17) is 5.10 Å². The van der Waals surface area contributed by atoms with Gasteiger partial charge in [-0.1, -0.05) is 12.1 Å². The number of aromatic nitrogens is 3. The Balaban J connectivity index is 1.32. The van der Waals surface area contributed by atoms with E-state index in [0.717, 1.165) is 50.1 Å². The molecule has 1 saturated heterocycles. The zero-order valence-electron chi connectivity index (χ0n) is 16.3. The van der Waals surface area contributed by atoms with Gasteiger partial charge in [0.25, 0.3) is 0 Å². The van der Waals surface area contributed by atoms with E-state index in [9.17, 15) is 9.18 Å². The van der Waals surface area contributed by atoms with Crippen LogP contribution in [0.2, 0.25) is 0 Å². The molecule has 1 fully saturated rings. The van der Waals surface area contributed by atoms with Gasteiger partial charge in [0.2, 0.25) is 5.91 Å². The Morgan fingerprint density at radius 2 is 1.93 bits per heavy atom. The number of anilines is 2. The number of carbonyl (C=O) groups is 1. The van der Waals surface area contributed by atoms with Gasteiger partial charge >= 0.3 is 0 Å². The maximum atomic E-state index is 13.8. The third-order valence-electron chi connectivity index (χ3n) is 6.10. The first-order valence-electron chi connectivity index (χ1n) is 10.4. The quantitative estimate of drug-likeness (QED) is 0.739. The number of carbonyl (C=O) groups excluding carboxylic acids is 1. The van der Waals surface area contributed by atoms with Crippen LogP contribution in [0.25, 0.3) is 5.52 Å². The highest BCUT2D eigenvalue weighted by Crippen LogP contribution is 2.32. The van der Waals surface area contributed by atoms with Gasteiger partial charge in [-0.05, 0) is 50.7 Å². The second-order valence-electron chi connectivity index (χ2n) is 7.91. The number of aryl methyl sites for hydroxylation is 2. The Morgan fingerprint density at radius 1 is 1.14 bits per heavy atom. The van der Waals surface area contributed by atoms with Crippen LogP contribution in [0.3, 0.4) is 0 Å². The first kappa shape index (κ1) is 18.1. The first-order valence-corrected chi connectivity index (χ1v) is 10.4. The highest BCUT2D eigenvalue weighted by atomic mass is 19.1. The van der Waals surface area contributed by atoms with E-state index in [1.807, 2.05) is 10.7 Å². The van der Waals surface area contributed by atoms with Crippen molar-refractivity contribution in [2.75, 3.05) is 23.3 Å². The van der Waals surface area contributed by atoms with Crippen LogP contribution in [0.15, 0.2) is 36.7 Å². The fourth-order valence-corrected chi connectivity index (χ4v) is 4.53. The summed E-state index contributed by atoms with van der Waals surface area (Å²) < 4.78 is 15.8. The summed E-state index contributed by atoms with van der Waals surface area (Å²) in [5, 5.41) is 7.50. The van der Waals surface area contributed by atoms with Crippen LogP contribution in [0.5, 0.6) is 0 Å². The third-order valence-corrected chi connectivity index (χ3v) is 6.10. The molecule has 1 N–H and O–H groups in total. The standard InChI is InChI=1S/C22H24FN5O/c23-17-6-2-4-8-19(17)25-22(29)15-9-12-27(13-10-15)21-20-16-5-1-3-7-18(16)26-28(20)14-11-24-21/h2,4,6,8,11,14-15H,1,3,5,7,9-10,12-13H2,(H,25,29). The zero-order valence-corrected chi connectivity index (χ0v) is 16.3. The van der Waals surface area contributed by atoms with E-state index in [2.05, 4.69) is 15.2 Å². The normalized spacial score (nSPS) is 17.3. The smallest absolute Gasteiger partial charge is 0.227 e. The van der Waals surface area contributed by atoms with Crippen molar-refractivity contribution >= 4 is 22.9 Å². The number of hydrogen-bond acceptors (Lipinski definition) is 4. The van der Waals surface area contributed by atoms with Crippen molar-refractivity contribution in [2.45, 2.75) is 38.5 Å². The number of halogens is 1. The summed E-state index contributed by atoms with van der Waals surface area (Å²) >= 11 is 0. The summed E-state index contributed by atoms with van der Waals surface area (Å²) in [7, 11) is 0. The summed E-state index contributed by atoms with van der Waals surface area (Å²) in [4.78, 5) is 19.5. The topological polar surface area (TPSA) is 62.5 Å². The summed E-state index contributed by atoms with van der Waals surface area (Å²) in [6, 6.07) is 6.29. The number of benzene rings is 1. The van der Waals surface area contributed by atoms with Gasteiger partial charge in [-0.3, -0.25) is 4.79 Å². The summed E-state index contributed by atoms with van der Waals surface area (Å²) in [6.45, 7) is 1.50. The molecule has 2 aromatic heterocycles. The molecule has 0 spiro atoms. The molecule has 29 heavy (non-hydrogen) atoms. The lowest BCUT2D eigenvalue weighted by molar-refractivity contribution is -0.120. The second-order valence-corrected chi connectivity index (χ2v) is 7.91. The molecule has 1 amide bonds. The minimum atomic E-state index is -0.403. The van der Waals surface area contributed by atoms with Crippen LogP contribution >= 0.6 is 0 Å². The molecule has 7 heteroatoms. The average molecular weight is 393 g/mol. The Hall–Kier alpha value is -2.96. The van der Waals surface area contributed by atoms with Gasteiger partial charge in [-0.2, -0.15) is 5.10 Å². The van der Waals surface area contributed by atoms with Crippen molar-refractivity contribution in [3.05, 3.63) is 53.7 Å². The first-order chi connectivity index (χ1) is 14.2. The van der Waals surface area contributed by atoms with Crippen molar-refractivity contribution in [1.29, 1.82) is 0 Å². The second kappa shape index (κ2) is 7.46. The van der Waals surface area contributed by atoms with Gasteiger partial charge in [0.05, 0.1) is 11.4 Å². The SMILES string of the molecule is O=C(Nc1ccccc1F)C1CCN(c2nccn3nc4c(c23)CCCC4)CC1. The number of piperidine rings is 1. The van der Waals surface area contributed by atoms with Crippen molar-refractivity contribution in [3.8, 4) is 0 Å². The van der Waals surface area contributed by atoms with Crippen LogP contribution in [0.4, 0.5) is 15.9 Å². The monoisotopic (exact) mass is 393 g/mol. The van der Waals surface area contributed by atoms with Crippen molar-refractivity contribution < 1.29 is 9.18 Å². The Bertz CT molecular complexity index is 1050. The van der Waals surface area contributed by atoms with Crippen LogP contribution in [-0.2, 0) is 17.6 Å². The predicted molar refractivity (Wildman–Crippen MR) is 110 cm³/mol. The van der Waals surface area contributed by atoms with E-state index < -0.39 is 5.82 Å². The molecule has 3 heterocycles. The molecule has 3 aromatic rings. The molecule has 150 valence electrons. The summed E-state index contributed by atoms with van der Waals surface area (Å²) in [6.07, 6.45) is 9.65. The highest BCUT2D eigenvalue weighted by Gasteiger charge is 2.28. The number of hydrogen-bond donors (Lipinski definition) is 1. The molecule has 2 aliphatic rings. The van der Waals surface area contributed by atoms with Gasteiger partial charge in [0.1, 0.15) is 11.3 Å². The van der Waals surface area contributed by atoms with E-state index in [0.29, 0.717) is 0 Å². The van der Waals surface area contributed by atoms with Crippen molar-refractivity contribution in [2.24, 2.45) is 5.92 Å². The van der Waals surface area contributed by atoms with Crippen LogP contribution < -0.4 is 10.2 Å². The van der Waals surface area contributed by atoms with Gasteiger partial charge in [0.15, 0.2) is 5.82 Å². The van der Waals surface area contributed by atoms with E-state index in [-0.39, 0.29) is 17.5 Å². The maximum absolute atomic E-state index is 13.8. The Morgan fingerprint density at radius 3 is 2.76 bits per heavy atom. The molecule has 0 radical (unpaired) electrons. The minimum absolute atomic E-state index is 0.109.